The maximum Gasteiger partial charge on any atom is 0.124 e. The molecule has 0 radical (unpaired) electrons. The zero-order valence-electron chi connectivity index (χ0n) is 7.93. The molecule has 0 spiro atoms. The van der Waals surface area contributed by atoms with Crippen LogP contribution in [-0.4, -0.2) is 10.2 Å². The molecule has 2 N–H and O–H groups in total. The normalized spacial score (nSPS) is 11.7. The quantitative estimate of drug-likeness (QED) is 0.737. The van der Waals surface area contributed by atoms with Gasteiger partial charge in [0.15, 0.2) is 0 Å². The van der Waals surface area contributed by atoms with Crippen molar-refractivity contribution in [1.29, 1.82) is 0 Å². The van der Waals surface area contributed by atoms with Gasteiger partial charge in [-0.15, -0.1) is 0 Å². The van der Waals surface area contributed by atoms with Crippen molar-refractivity contribution in [3.8, 4) is 11.5 Å². The van der Waals surface area contributed by atoms with Gasteiger partial charge in [-0.05, 0) is 17.5 Å². The molecule has 0 heterocycles. The summed E-state index contributed by atoms with van der Waals surface area (Å²) in [5.74, 6) is 0.249. The minimum Gasteiger partial charge on any atom is -0.507 e. The van der Waals surface area contributed by atoms with Crippen molar-refractivity contribution in [1.82, 2.24) is 0 Å². The minimum atomic E-state index is -0.255. The van der Waals surface area contributed by atoms with E-state index >= 15 is 0 Å². The molecule has 0 amide bonds. The summed E-state index contributed by atoms with van der Waals surface area (Å²) in [6.45, 7) is 5.82. The van der Waals surface area contributed by atoms with Gasteiger partial charge in [-0.25, -0.2) is 0 Å². The van der Waals surface area contributed by atoms with E-state index in [-0.39, 0.29) is 16.9 Å². The highest BCUT2D eigenvalue weighted by atomic mass is 79.9. The Labute approximate surface area is 86.3 Å². The lowest BCUT2D eigenvalue weighted by molar-refractivity contribution is 0.410. The number of benzene rings is 1. The van der Waals surface area contributed by atoms with Crippen molar-refractivity contribution in [2.75, 3.05) is 0 Å². The van der Waals surface area contributed by atoms with Gasteiger partial charge in [-0.3, -0.25) is 0 Å². The third kappa shape index (κ3) is 2.15. The molecule has 2 nitrogen and oxygen atoms in total. The molecule has 0 aromatic heterocycles. The molecule has 72 valence electrons. The Morgan fingerprint density at radius 3 is 1.77 bits per heavy atom. The monoisotopic (exact) mass is 244 g/mol. The first-order valence-electron chi connectivity index (χ1n) is 4.04. The highest BCUT2D eigenvalue weighted by Crippen LogP contribution is 2.39. The lowest BCUT2D eigenvalue weighted by atomic mass is 9.85. The average molecular weight is 245 g/mol. The summed E-state index contributed by atoms with van der Waals surface area (Å²) in [5.41, 5.74) is 0.324. The Morgan fingerprint density at radius 1 is 1.08 bits per heavy atom. The van der Waals surface area contributed by atoms with E-state index in [9.17, 15) is 10.2 Å². The highest BCUT2D eigenvalue weighted by molar-refractivity contribution is 9.10. The summed E-state index contributed by atoms with van der Waals surface area (Å²) in [6.07, 6.45) is 0. The fraction of sp³-hybridized carbons (Fsp3) is 0.400. The number of phenols is 2. The van der Waals surface area contributed by atoms with Crippen LogP contribution >= 0.6 is 15.9 Å². The number of aromatic hydroxyl groups is 2. The fourth-order valence-corrected chi connectivity index (χ4v) is 1.78. The van der Waals surface area contributed by atoms with Gasteiger partial charge >= 0.3 is 0 Å². The number of halogens is 1. The van der Waals surface area contributed by atoms with Gasteiger partial charge in [-0.2, -0.15) is 0 Å². The lowest BCUT2D eigenvalue weighted by Gasteiger charge is -2.21. The Hall–Kier alpha value is -0.700. The Kier molecular flexibility index (Phi) is 2.57. The van der Waals surface area contributed by atoms with E-state index in [0.29, 0.717) is 10.0 Å². The number of hydrogen-bond donors (Lipinski definition) is 2. The predicted octanol–water partition coefficient (Wildman–Crippen LogP) is 3.16. The summed E-state index contributed by atoms with van der Waals surface area (Å²) < 4.78 is 0.676. The molecular formula is C10H13BrO2. The second-order valence-corrected chi connectivity index (χ2v) is 4.98. The lowest BCUT2D eigenvalue weighted by Crippen LogP contribution is -2.11. The van der Waals surface area contributed by atoms with Gasteiger partial charge in [0.05, 0.1) is 0 Å². The zero-order chi connectivity index (χ0) is 10.2. The molecule has 0 aliphatic rings. The number of hydrogen-bond acceptors (Lipinski definition) is 2. The van der Waals surface area contributed by atoms with E-state index in [1.165, 1.54) is 0 Å². The van der Waals surface area contributed by atoms with Crippen LogP contribution in [0.25, 0.3) is 0 Å². The van der Waals surface area contributed by atoms with Gasteiger partial charge in [0.2, 0.25) is 0 Å². The third-order valence-corrected chi connectivity index (χ3v) is 2.27. The van der Waals surface area contributed by atoms with Crippen LogP contribution in [0.15, 0.2) is 16.6 Å². The van der Waals surface area contributed by atoms with Crippen LogP contribution in [0.1, 0.15) is 26.3 Å². The Morgan fingerprint density at radius 2 is 1.46 bits per heavy atom. The van der Waals surface area contributed by atoms with Gasteiger partial charge in [0.1, 0.15) is 11.5 Å². The third-order valence-electron chi connectivity index (χ3n) is 1.81. The van der Waals surface area contributed by atoms with E-state index in [4.69, 9.17) is 0 Å². The molecule has 0 atom stereocenters. The Bertz CT molecular complexity index is 303. The van der Waals surface area contributed by atoms with Crippen LogP contribution in [0.5, 0.6) is 11.5 Å². The Balaban J connectivity index is 3.38. The van der Waals surface area contributed by atoms with Crippen molar-refractivity contribution in [3.63, 3.8) is 0 Å². The highest BCUT2D eigenvalue weighted by Gasteiger charge is 2.22. The first-order chi connectivity index (χ1) is 5.82. The molecule has 13 heavy (non-hydrogen) atoms. The van der Waals surface area contributed by atoms with Crippen molar-refractivity contribution in [2.24, 2.45) is 0 Å². The molecule has 0 unspecified atom stereocenters. The van der Waals surface area contributed by atoms with Crippen LogP contribution in [0, 0.1) is 0 Å². The molecule has 0 bridgehead atoms. The predicted molar refractivity (Wildman–Crippen MR) is 56.2 cm³/mol. The summed E-state index contributed by atoms with van der Waals surface area (Å²) >= 11 is 3.19. The number of phenolic OH excluding ortho intramolecular Hbond substituents is 2. The van der Waals surface area contributed by atoms with Gasteiger partial charge < -0.3 is 10.2 Å². The zero-order valence-corrected chi connectivity index (χ0v) is 9.51. The average Bonchev–Trinajstić information content (AvgIpc) is 1.78. The molecule has 1 aromatic carbocycles. The molecule has 0 saturated heterocycles. The van der Waals surface area contributed by atoms with Crippen molar-refractivity contribution in [2.45, 2.75) is 26.2 Å². The summed E-state index contributed by atoms with van der Waals surface area (Å²) in [6, 6.07) is 3.17. The van der Waals surface area contributed by atoms with Crippen LogP contribution in [0.2, 0.25) is 0 Å². The molecule has 3 heteroatoms. The van der Waals surface area contributed by atoms with E-state index in [2.05, 4.69) is 15.9 Å². The van der Waals surface area contributed by atoms with Crippen molar-refractivity contribution in [3.05, 3.63) is 22.2 Å². The maximum absolute atomic E-state index is 9.62. The number of rotatable bonds is 0. The molecule has 0 saturated carbocycles. The molecule has 0 fully saturated rings. The second kappa shape index (κ2) is 3.22. The minimum absolute atomic E-state index is 0.124. The molecular weight excluding hydrogens is 232 g/mol. The largest absolute Gasteiger partial charge is 0.507 e. The summed E-state index contributed by atoms with van der Waals surface area (Å²) in [5, 5.41) is 19.2. The van der Waals surface area contributed by atoms with E-state index in [0.717, 1.165) is 0 Å². The van der Waals surface area contributed by atoms with E-state index < -0.39 is 0 Å². The SMILES string of the molecule is CC(C)(C)c1c(O)cc(Br)cc1O. The first kappa shape index (κ1) is 10.4. The fourth-order valence-electron chi connectivity index (χ4n) is 1.35. The standard InChI is InChI=1S/C10H13BrO2/c1-10(2,3)9-7(12)4-6(11)5-8(9)13/h4-5,12-13H,1-3H3. The topological polar surface area (TPSA) is 40.5 Å². The maximum atomic E-state index is 9.62. The molecule has 0 aliphatic carbocycles. The van der Waals surface area contributed by atoms with Crippen LogP contribution in [-0.2, 0) is 5.41 Å². The van der Waals surface area contributed by atoms with Crippen LogP contribution in [0.3, 0.4) is 0 Å². The van der Waals surface area contributed by atoms with Gasteiger partial charge in [0.25, 0.3) is 0 Å². The summed E-state index contributed by atoms with van der Waals surface area (Å²) in [4.78, 5) is 0. The van der Waals surface area contributed by atoms with Gasteiger partial charge in [-0.1, -0.05) is 36.7 Å². The van der Waals surface area contributed by atoms with Crippen molar-refractivity contribution >= 4 is 15.9 Å². The second-order valence-electron chi connectivity index (χ2n) is 4.07. The van der Waals surface area contributed by atoms with Crippen molar-refractivity contribution < 1.29 is 10.2 Å². The van der Waals surface area contributed by atoms with E-state index in [1.807, 2.05) is 20.8 Å². The van der Waals surface area contributed by atoms with Crippen LogP contribution in [0.4, 0.5) is 0 Å². The smallest absolute Gasteiger partial charge is 0.124 e. The molecule has 1 aromatic rings. The first-order valence-corrected chi connectivity index (χ1v) is 4.83. The summed E-state index contributed by atoms with van der Waals surface area (Å²) in [7, 11) is 0. The van der Waals surface area contributed by atoms with Gasteiger partial charge in [0, 0.05) is 10.0 Å². The molecule has 0 aliphatic heterocycles. The molecule has 1 rings (SSSR count). The van der Waals surface area contributed by atoms with E-state index in [1.54, 1.807) is 12.1 Å². The van der Waals surface area contributed by atoms with Crippen LogP contribution < -0.4 is 0 Å².